The van der Waals surface area contributed by atoms with Crippen molar-refractivity contribution in [3.05, 3.63) is 17.8 Å². The Morgan fingerprint density at radius 3 is 2.61 bits per heavy atom. The van der Waals surface area contributed by atoms with E-state index in [0.717, 1.165) is 24.7 Å². The van der Waals surface area contributed by atoms with Crippen molar-refractivity contribution in [1.82, 2.24) is 15.6 Å². The van der Waals surface area contributed by atoms with Crippen molar-refractivity contribution in [2.24, 2.45) is 4.99 Å². The van der Waals surface area contributed by atoms with E-state index in [0.29, 0.717) is 18.5 Å². The maximum Gasteiger partial charge on any atom is 0.216 e. The molecule has 0 bridgehead atoms. The number of aliphatic imine (C=N–C) groups is 1. The predicted molar refractivity (Wildman–Crippen MR) is 96.8 cm³/mol. The van der Waals surface area contributed by atoms with E-state index >= 15 is 0 Å². The van der Waals surface area contributed by atoms with E-state index in [1.165, 1.54) is 19.3 Å². The summed E-state index contributed by atoms with van der Waals surface area (Å²) < 4.78 is 5.79. The van der Waals surface area contributed by atoms with Gasteiger partial charge >= 0.3 is 0 Å². The number of rotatable bonds is 8. The lowest BCUT2D eigenvalue weighted by molar-refractivity contribution is 0.383. The van der Waals surface area contributed by atoms with E-state index in [1.807, 2.05) is 0 Å². The number of hydrogen-bond acceptors (Lipinski definition) is 3. The summed E-state index contributed by atoms with van der Waals surface area (Å²) in [5.41, 5.74) is -0.0223. The summed E-state index contributed by atoms with van der Waals surface area (Å²) >= 11 is 0. The van der Waals surface area contributed by atoms with Gasteiger partial charge in [0.25, 0.3) is 0 Å². The lowest BCUT2D eigenvalue weighted by Crippen LogP contribution is -2.42. The van der Waals surface area contributed by atoms with Crippen molar-refractivity contribution in [3.8, 4) is 0 Å². The zero-order valence-electron chi connectivity index (χ0n) is 15.7. The molecule has 0 amide bonds. The highest BCUT2D eigenvalue weighted by Gasteiger charge is 2.19. The van der Waals surface area contributed by atoms with Crippen molar-refractivity contribution in [1.29, 1.82) is 0 Å². The predicted octanol–water partition coefficient (Wildman–Crippen LogP) is 4.00. The van der Waals surface area contributed by atoms with Crippen LogP contribution in [0, 0.1) is 0 Å². The summed E-state index contributed by atoms with van der Waals surface area (Å²) in [7, 11) is 0. The van der Waals surface area contributed by atoms with Gasteiger partial charge in [-0.25, -0.2) is 9.98 Å². The maximum atomic E-state index is 5.79. The van der Waals surface area contributed by atoms with Crippen LogP contribution in [0.3, 0.4) is 0 Å². The fourth-order valence-corrected chi connectivity index (χ4v) is 2.20. The van der Waals surface area contributed by atoms with Crippen LogP contribution in [0.25, 0.3) is 0 Å². The third kappa shape index (κ3) is 7.53. The molecule has 1 unspecified atom stereocenters. The molecule has 1 aromatic rings. The summed E-state index contributed by atoms with van der Waals surface area (Å²) in [6.07, 6.45) is 6.75. The van der Waals surface area contributed by atoms with Crippen LogP contribution < -0.4 is 10.6 Å². The highest BCUT2D eigenvalue weighted by Crippen LogP contribution is 2.22. The largest absolute Gasteiger partial charge is 0.443 e. The first kappa shape index (κ1) is 19.5. The zero-order valence-corrected chi connectivity index (χ0v) is 15.7. The molecule has 0 aromatic carbocycles. The molecule has 0 radical (unpaired) electrons. The molecule has 132 valence electrons. The number of oxazole rings is 1. The van der Waals surface area contributed by atoms with Crippen LogP contribution in [0.5, 0.6) is 0 Å². The molecule has 0 saturated carbocycles. The van der Waals surface area contributed by atoms with Gasteiger partial charge in [0.2, 0.25) is 5.89 Å². The first-order valence-corrected chi connectivity index (χ1v) is 8.86. The minimum atomic E-state index is -0.0223. The van der Waals surface area contributed by atoms with Crippen molar-refractivity contribution in [3.63, 3.8) is 0 Å². The van der Waals surface area contributed by atoms with Crippen molar-refractivity contribution in [2.75, 3.05) is 6.54 Å². The number of guanidine groups is 1. The molecule has 1 rings (SSSR count). The molecule has 1 heterocycles. The highest BCUT2D eigenvalue weighted by atomic mass is 16.4. The number of nitrogens with one attached hydrogen (secondary N) is 2. The van der Waals surface area contributed by atoms with Gasteiger partial charge in [0.05, 0.1) is 6.20 Å². The lowest BCUT2D eigenvalue weighted by atomic mass is 9.94. The van der Waals surface area contributed by atoms with Crippen LogP contribution in [0.15, 0.2) is 15.6 Å². The van der Waals surface area contributed by atoms with Gasteiger partial charge in [-0.2, -0.15) is 0 Å². The van der Waals surface area contributed by atoms with Gasteiger partial charge in [-0.1, -0.05) is 47.0 Å². The summed E-state index contributed by atoms with van der Waals surface area (Å²) in [5.74, 6) is 2.38. The Bertz CT molecular complexity index is 474. The molecule has 0 fully saturated rings. The van der Waals surface area contributed by atoms with Crippen LogP contribution in [0.2, 0.25) is 0 Å². The van der Waals surface area contributed by atoms with Gasteiger partial charge in [0.15, 0.2) is 5.96 Å². The molecule has 2 N–H and O–H groups in total. The molecule has 0 aliphatic rings. The van der Waals surface area contributed by atoms with Crippen LogP contribution in [-0.4, -0.2) is 23.5 Å². The fourth-order valence-electron chi connectivity index (χ4n) is 2.20. The number of nitrogens with zero attached hydrogens (tertiary/aromatic N) is 2. The van der Waals surface area contributed by atoms with Crippen LogP contribution in [-0.2, 0) is 12.0 Å². The average Bonchev–Trinajstić information content (AvgIpc) is 2.94. The molecular formula is C18H34N4O. The second-order valence-corrected chi connectivity index (χ2v) is 7.10. The highest BCUT2D eigenvalue weighted by molar-refractivity contribution is 5.79. The molecule has 5 nitrogen and oxygen atoms in total. The van der Waals surface area contributed by atoms with Crippen LogP contribution in [0.4, 0.5) is 0 Å². The van der Waals surface area contributed by atoms with Crippen LogP contribution in [0.1, 0.15) is 78.9 Å². The van der Waals surface area contributed by atoms with Gasteiger partial charge in [-0.05, 0) is 20.3 Å². The third-order valence-corrected chi connectivity index (χ3v) is 3.63. The van der Waals surface area contributed by atoms with Gasteiger partial charge in [-0.15, -0.1) is 0 Å². The maximum absolute atomic E-state index is 5.79. The Labute approximate surface area is 141 Å². The number of hydrogen-bond donors (Lipinski definition) is 2. The van der Waals surface area contributed by atoms with Crippen LogP contribution >= 0.6 is 0 Å². The molecular weight excluding hydrogens is 288 g/mol. The normalized spacial score (nSPS) is 13.9. The first-order chi connectivity index (χ1) is 10.9. The third-order valence-electron chi connectivity index (χ3n) is 3.63. The first-order valence-electron chi connectivity index (χ1n) is 8.86. The van der Waals surface area contributed by atoms with E-state index in [4.69, 9.17) is 4.42 Å². The number of aromatic nitrogens is 1. The molecule has 0 aliphatic heterocycles. The molecule has 0 saturated heterocycles. The molecule has 1 aromatic heterocycles. The molecule has 5 heteroatoms. The smallest absolute Gasteiger partial charge is 0.216 e. The topological polar surface area (TPSA) is 62.5 Å². The van der Waals surface area contributed by atoms with Gasteiger partial charge in [0, 0.05) is 18.0 Å². The van der Waals surface area contributed by atoms with E-state index in [1.54, 1.807) is 6.20 Å². The fraction of sp³-hybridized carbons (Fsp3) is 0.778. The standard InChI is InChI=1S/C18H34N4O/c1-7-9-10-11-14(3)22-17(19-8-2)21-13-16-20-12-15(23-16)18(4,5)6/h12,14H,7-11,13H2,1-6H3,(H2,19,21,22). The summed E-state index contributed by atoms with van der Waals surface area (Å²) in [5, 5.41) is 6.73. The monoisotopic (exact) mass is 322 g/mol. The van der Waals surface area contributed by atoms with E-state index < -0.39 is 0 Å². The SMILES string of the molecule is CCCCCC(C)NC(=NCc1ncc(C(C)(C)C)o1)NCC. The summed E-state index contributed by atoms with van der Waals surface area (Å²) in [6.45, 7) is 14.1. The lowest BCUT2D eigenvalue weighted by Gasteiger charge is -2.17. The van der Waals surface area contributed by atoms with Crippen molar-refractivity contribution in [2.45, 2.75) is 85.2 Å². The van der Waals surface area contributed by atoms with Gasteiger partial charge in [0.1, 0.15) is 12.3 Å². The molecule has 0 spiro atoms. The zero-order chi connectivity index (χ0) is 17.3. The Morgan fingerprint density at radius 1 is 1.30 bits per heavy atom. The molecule has 23 heavy (non-hydrogen) atoms. The second kappa shape index (κ2) is 9.58. The van der Waals surface area contributed by atoms with E-state index in [-0.39, 0.29) is 5.41 Å². The molecule has 0 aliphatic carbocycles. The summed E-state index contributed by atoms with van der Waals surface area (Å²) in [6, 6.07) is 0.411. The molecule has 1 atom stereocenters. The van der Waals surface area contributed by atoms with Crippen molar-refractivity contribution < 1.29 is 4.42 Å². The Kier molecular flexibility index (Phi) is 8.13. The Balaban J connectivity index is 2.59. The number of unbranched alkanes of at least 4 members (excludes halogenated alkanes) is 2. The van der Waals surface area contributed by atoms with Gasteiger partial charge in [-0.3, -0.25) is 0 Å². The quantitative estimate of drug-likeness (QED) is 0.431. The second-order valence-electron chi connectivity index (χ2n) is 7.10. The Hall–Kier alpha value is -1.52. The van der Waals surface area contributed by atoms with E-state index in [9.17, 15) is 0 Å². The average molecular weight is 322 g/mol. The van der Waals surface area contributed by atoms with Gasteiger partial charge < -0.3 is 15.1 Å². The Morgan fingerprint density at radius 2 is 2.04 bits per heavy atom. The van der Waals surface area contributed by atoms with Crippen molar-refractivity contribution >= 4 is 5.96 Å². The minimum absolute atomic E-state index is 0.0223. The summed E-state index contributed by atoms with van der Waals surface area (Å²) in [4.78, 5) is 8.91. The van der Waals surface area contributed by atoms with E-state index in [2.05, 4.69) is 62.2 Å². The minimum Gasteiger partial charge on any atom is -0.443 e.